The van der Waals surface area contributed by atoms with Crippen molar-refractivity contribution in [3.05, 3.63) is 130 Å². The van der Waals surface area contributed by atoms with Crippen molar-refractivity contribution in [2.24, 2.45) is 0 Å². The van der Waals surface area contributed by atoms with Crippen molar-refractivity contribution in [3.63, 3.8) is 0 Å². The third-order valence-electron chi connectivity index (χ3n) is 7.01. The number of fused-ring (bicyclic) bond motifs is 2. The number of aryl methyl sites for hydroxylation is 2. The number of nitrogens with one attached hydrogen (secondary N) is 1. The second-order valence-corrected chi connectivity index (χ2v) is 9.73. The standard InChI is InChI=1S/C32H27N5O2/c1-20-10-7-11-23(18-20)26-15-8-12-24-19-27(37(32(39)29(24)26)25-13-5-4-6-14-25)21(2)34-31(38)28-22(3)35-36-17-9-16-33-30(28)36/h4-19,21H,1-3H3,(H,34,38)/t21-/m0/s1. The Bertz CT molecular complexity index is 1920. The fraction of sp³-hybridized carbons (Fsp3) is 0.125. The molecule has 0 unspecified atom stereocenters. The van der Waals surface area contributed by atoms with Gasteiger partial charge in [-0.2, -0.15) is 5.10 Å². The molecule has 1 N–H and O–H groups in total. The summed E-state index contributed by atoms with van der Waals surface area (Å²) >= 11 is 0. The quantitative estimate of drug-likeness (QED) is 0.316. The Labute approximate surface area is 225 Å². The first-order chi connectivity index (χ1) is 18.9. The van der Waals surface area contributed by atoms with E-state index >= 15 is 0 Å². The second-order valence-electron chi connectivity index (χ2n) is 9.73. The van der Waals surface area contributed by atoms with Crippen molar-refractivity contribution in [1.29, 1.82) is 0 Å². The number of rotatable bonds is 5. The Morgan fingerprint density at radius 3 is 2.51 bits per heavy atom. The van der Waals surface area contributed by atoms with Gasteiger partial charge in [0.1, 0.15) is 5.56 Å². The molecule has 192 valence electrons. The van der Waals surface area contributed by atoms with Gasteiger partial charge in [-0.05, 0) is 61.5 Å². The number of hydrogen-bond acceptors (Lipinski definition) is 4. The molecule has 0 aliphatic rings. The number of pyridine rings is 1. The summed E-state index contributed by atoms with van der Waals surface area (Å²) in [5.74, 6) is -0.297. The Morgan fingerprint density at radius 2 is 1.72 bits per heavy atom. The van der Waals surface area contributed by atoms with Crippen LogP contribution in [-0.4, -0.2) is 25.1 Å². The molecular formula is C32H27N5O2. The van der Waals surface area contributed by atoms with Crippen molar-refractivity contribution in [1.82, 2.24) is 24.5 Å². The molecule has 0 aliphatic heterocycles. The highest BCUT2D eigenvalue weighted by Crippen LogP contribution is 2.30. The number of nitrogens with zero attached hydrogens (tertiary/aromatic N) is 4. The summed E-state index contributed by atoms with van der Waals surface area (Å²) in [6.45, 7) is 5.72. The maximum absolute atomic E-state index is 14.3. The van der Waals surface area contributed by atoms with Gasteiger partial charge in [-0.1, -0.05) is 66.2 Å². The van der Waals surface area contributed by atoms with Gasteiger partial charge in [0, 0.05) is 23.8 Å². The molecule has 0 saturated heterocycles. The van der Waals surface area contributed by atoms with Gasteiger partial charge < -0.3 is 5.32 Å². The predicted octanol–water partition coefficient (Wildman–Crippen LogP) is 5.81. The number of benzene rings is 3. The molecule has 0 radical (unpaired) electrons. The number of carbonyl (C=O) groups excluding carboxylic acids is 1. The van der Waals surface area contributed by atoms with Gasteiger partial charge >= 0.3 is 0 Å². The van der Waals surface area contributed by atoms with Crippen molar-refractivity contribution in [2.75, 3.05) is 0 Å². The van der Waals surface area contributed by atoms with Gasteiger partial charge in [0.25, 0.3) is 11.5 Å². The van der Waals surface area contributed by atoms with Crippen molar-refractivity contribution >= 4 is 22.3 Å². The van der Waals surface area contributed by atoms with Gasteiger partial charge in [-0.25, -0.2) is 9.50 Å². The fourth-order valence-electron chi connectivity index (χ4n) is 5.20. The van der Waals surface area contributed by atoms with E-state index in [9.17, 15) is 9.59 Å². The van der Waals surface area contributed by atoms with E-state index in [0.29, 0.717) is 28.0 Å². The summed E-state index contributed by atoms with van der Waals surface area (Å²) in [6.07, 6.45) is 3.40. The SMILES string of the molecule is Cc1cccc(-c2cccc3cc([C@H](C)NC(=O)c4c(C)nn5cccnc45)n(-c4ccccc4)c(=O)c23)c1. The van der Waals surface area contributed by atoms with Crippen LogP contribution in [0.15, 0.2) is 102 Å². The highest BCUT2D eigenvalue weighted by atomic mass is 16.2. The van der Waals surface area contributed by atoms with Crippen LogP contribution in [0, 0.1) is 13.8 Å². The van der Waals surface area contributed by atoms with Crippen LogP contribution in [0.25, 0.3) is 33.2 Å². The number of aromatic nitrogens is 4. The van der Waals surface area contributed by atoms with Crippen LogP contribution < -0.4 is 10.9 Å². The minimum Gasteiger partial charge on any atom is -0.344 e. The smallest absolute Gasteiger partial charge is 0.263 e. The summed E-state index contributed by atoms with van der Waals surface area (Å²) in [6, 6.07) is 26.9. The molecule has 7 heteroatoms. The Morgan fingerprint density at radius 1 is 0.923 bits per heavy atom. The minimum absolute atomic E-state index is 0.138. The first-order valence-corrected chi connectivity index (χ1v) is 12.8. The molecule has 7 nitrogen and oxygen atoms in total. The molecule has 3 aromatic carbocycles. The third kappa shape index (κ3) is 4.28. The largest absolute Gasteiger partial charge is 0.344 e. The number of hydrogen-bond donors (Lipinski definition) is 1. The highest BCUT2D eigenvalue weighted by molar-refractivity contribution is 6.01. The zero-order chi connectivity index (χ0) is 27.1. The van der Waals surface area contributed by atoms with E-state index in [1.165, 1.54) is 0 Å². The van der Waals surface area contributed by atoms with Crippen LogP contribution in [-0.2, 0) is 0 Å². The van der Waals surface area contributed by atoms with E-state index in [1.807, 2.05) is 86.6 Å². The molecule has 39 heavy (non-hydrogen) atoms. The summed E-state index contributed by atoms with van der Waals surface area (Å²) in [7, 11) is 0. The Kier molecular flexibility index (Phi) is 6.04. The summed E-state index contributed by atoms with van der Waals surface area (Å²) in [5.41, 5.74) is 5.74. The van der Waals surface area contributed by atoms with Crippen molar-refractivity contribution < 1.29 is 4.79 Å². The maximum atomic E-state index is 14.3. The molecule has 1 amide bonds. The van der Waals surface area contributed by atoms with Crippen molar-refractivity contribution in [3.8, 4) is 16.8 Å². The molecule has 6 aromatic rings. The average Bonchev–Trinajstić information content (AvgIpc) is 3.28. The van der Waals surface area contributed by atoms with Crippen LogP contribution in [0.3, 0.4) is 0 Å². The van der Waals surface area contributed by atoms with Crippen LogP contribution in [0.2, 0.25) is 0 Å². The fourth-order valence-corrected chi connectivity index (χ4v) is 5.20. The average molecular weight is 514 g/mol. The summed E-state index contributed by atoms with van der Waals surface area (Å²) < 4.78 is 3.30. The van der Waals surface area contributed by atoms with Crippen LogP contribution in [0.1, 0.15) is 40.3 Å². The van der Waals surface area contributed by atoms with Gasteiger partial charge in [0.2, 0.25) is 0 Å². The van der Waals surface area contributed by atoms with Crippen LogP contribution >= 0.6 is 0 Å². The lowest BCUT2D eigenvalue weighted by Gasteiger charge is -2.22. The van der Waals surface area contributed by atoms with E-state index in [-0.39, 0.29) is 11.5 Å². The van der Waals surface area contributed by atoms with Gasteiger partial charge in [-0.15, -0.1) is 0 Å². The number of para-hydroxylation sites is 1. The van der Waals surface area contributed by atoms with Gasteiger partial charge in [-0.3, -0.25) is 14.2 Å². The normalized spacial score (nSPS) is 12.1. The molecule has 6 rings (SSSR count). The maximum Gasteiger partial charge on any atom is 0.263 e. The lowest BCUT2D eigenvalue weighted by atomic mass is 9.97. The molecule has 0 aliphatic carbocycles. The van der Waals surface area contributed by atoms with E-state index < -0.39 is 6.04 Å². The van der Waals surface area contributed by atoms with E-state index in [2.05, 4.69) is 21.5 Å². The minimum atomic E-state index is -0.490. The Hall–Kier alpha value is -5.04. The zero-order valence-corrected chi connectivity index (χ0v) is 21.9. The topological polar surface area (TPSA) is 81.3 Å². The Balaban J connectivity index is 1.52. The molecular weight excluding hydrogens is 486 g/mol. The molecule has 0 bridgehead atoms. The first-order valence-electron chi connectivity index (χ1n) is 12.8. The highest BCUT2D eigenvalue weighted by Gasteiger charge is 2.23. The molecule has 3 heterocycles. The van der Waals surface area contributed by atoms with E-state index in [4.69, 9.17) is 0 Å². The van der Waals surface area contributed by atoms with E-state index in [0.717, 1.165) is 27.8 Å². The van der Waals surface area contributed by atoms with E-state index in [1.54, 1.807) is 34.5 Å². The lowest BCUT2D eigenvalue weighted by Crippen LogP contribution is -2.32. The number of carbonyl (C=O) groups is 1. The number of amides is 1. The molecule has 3 aromatic heterocycles. The first kappa shape index (κ1) is 24.3. The zero-order valence-electron chi connectivity index (χ0n) is 21.9. The molecule has 0 saturated carbocycles. The molecule has 0 spiro atoms. The van der Waals surface area contributed by atoms with Gasteiger partial charge in [0.05, 0.1) is 17.1 Å². The van der Waals surface area contributed by atoms with Gasteiger partial charge in [0.15, 0.2) is 5.65 Å². The summed E-state index contributed by atoms with van der Waals surface area (Å²) in [4.78, 5) is 32.2. The summed E-state index contributed by atoms with van der Waals surface area (Å²) in [5, 5.41) is 8.96. The predicted molar refractivity (Wildman–Crippen MR) is 153 cm³/mol. The van der Waals surface area contributed by atoms with Crippen LogP contribution in [0.4, 0.5) is 0 Å². The third-order valence-corrected chi connectivity index (χ3v) is 7.01. The lowest BCUT2D eigenvalue weighted by molar-refractivity contribution is 0.0939. The monoisotopic (exact) mass is 513 g/mol. The molecule has 1 atom stereocenters. The van der Waals surface area contributed by atoms with Crippen molar-refractivity contribution in [2.45, 2.75) is 26.8 Å². The molecule has 0 fully saturated rings. The second kappa shape index (κ2) is 9.68. The van der Waals surface area contributed by atoms with Crippen LogP contribution in [0.5, 0.6) is 0 Å².